The van der Waals surface area contributed by atoms with Gasteiger partial charge in [-0.05, 0) is 42.7 Å². The van der Waals surface area contributed by atoms with Gasteiger partial charge in [0.1, 0.15) is 11.5 Å². The molecule has 0 fully saturated rings. The molecule has 2 aromatic heterocycles. The van der Waals surface area contributed by atoms with Gasteiger partial charge in [0.05, 0.1) is 0 Å². The van der Waals surface area contributed by atoms with E-state index < -0.39 is 11.2 Å². The zero-order valence-electron chi connectivity index (χ0n) is 11.5. The summed E-state index contributed by atoms with van der Waals surface area (Å²) >= 11 is 1.64. The van der Waals surface area contributed by atoms with Gasteiger partial charge in [0.25, 0.3) is 5.56 Å². The van der Waals surface area contributed by atoms with E-state index in [0.29, 0.717) is 6.54 Å². The van der Waals surface area contributed by atoms with Crippen molar-refractivity contribution in [2.24, 2.45) is 0 Å². The monoisotopic (exact) mass is 294 g/mol. The number of nitrogens with two attached hydrogens (primary N) is 1. The second-order valence-electron chi connectivity index (χ2n) is 4.64. The highest BCUT2D eigenvalue weighted by Crippen LogP contribution is 2.14. The first-order valence-electron chi connectivity index (χ1n) is 6.43. The minimum atomic E-state index is -0.481. The van der Waals surface area contributed by atoms with Gasteiger partial charge in [0.15, 0.2) is 0 Å². The molecule has 1 atom stereocenters. The number of aromatic amines is 1. The van der Waals surface area contributed by atoms with Crippen LogP contribution in [0, 0.1) is 0 Å². The van der Waals surface area contributed by atoms with Gasteiger partial charge >= 0.3 is 5.69 Å². The van der Waals surface area contributed by atoms with Gasteiger partial charge in [-0.3, -0.25) is 14.3 Å². The molecule has 0 bridgehead atoms. The number of nitrogens with one attached hydrogen (secondary N) is 2. The Morgan fingerprint density at radius 3 is 2.85 bits per heavy atom. The molecule has 0 aromatic carbocycles. The number of aromatic nitrogens is 2. The molecule has 1 unspecified atom stereocenters. The van der Waals surface area contributed by atoms with Crippen molar-refractivity contribution in [3.05, 3.63) is 43.2 Å². The van der Waals surface area contributed by atoms with E-state index in [9.17, 15) is 9.59 Å². The topological polar surface area (TPSA) is 92.9 Å². The number of hydrogen-bond donors (Lipinski definition) is 3. The molecule has 4 N–H and O–H groups in total. The Kier molecular flexibility index (Phi) is 4.29. The van der Waals surface area contributed by atoms with Crippen LogP contribution >= 0.6 is 11.3 Å². The van der Waals surface area contributed by atoms with Gasteiger partial charge in [-0.2, -0.15) is 11.3 Å². The van der Waals surface area contributed by atoms with Crippen molar-refractivity contribution in [1.82, 2.24) is 9.55 Å². The maximum absolute atomic E-state index is 11.9. The van der Waals surface area contributed by atoms with E-state index in [2.05, 4.69) is 15.7 Å². The molecule has 0 saturated carbocycles. The van der Waals surface area contributed by atoms with Gasteiger partial charge in [0.2, 0.25) is 0 Å². The number of H-pyrrole nitrogens is 1. The molecule has 0 amide bonds. The van der Waals surface area contributed by atoms with Crippen LogP contribution < -0.4 is 22.3 Å². The van der Waals surface area contributed by atoms with E-state index in [0.717, 1.165) is 6.42 Å². The van der Waals surface area contributed by atoms with Crippen molar-refractivity contribution < 1.29 is 0 Å². The molecule has 2 rings (SSSR count). The molecule has 20 heavy (non-hydrogen) atoms. The molecule has 0 saturated heterocycles. The highest BCUT2D eigenvalue weighted by atomic mass is 32.1. The summed E-state index contributed by atoms with van der Waals surface area (Å²) in [4.78, 5) is 25.7. The van der Waals surface area contributed by atoms with E-state index in [1.807, 2.05) is 18.4 Å². The fourth-order valence-corrected chi connectivity index (χ4v) is 2.78. The molecule has 2 aromatic rings. The molecular weight excluding hydrogens is 276 g/mol. The lowest BCUT2D eigenvalue weighted by Crippen LogP contribution is -2.35. The van der Waals surface area contributed by atoms with Crippen molar-refractivity contribution >= 4 is 22.8 Å². The van der Waals surface area contributed by atoms with E-state index in [-0.39, 0.29) is 17.5 Å². The lowest BCUT2D eigenvalue weighted by Gasteiger charge is -2.17. The van der Waals surface area contributed by atoms with Crippen molar-refractivity contribution in [3.8, 4) is 0 Å². The molecule has 7 heteroatoms. The number of rotatable bonds is 5. The minimum Gasteiger partial charge on any atom is -0.383 e. The van der Waals surface area contributed by atoms with Gasteiger partial charge in [-0.15, -0.1) is 0 Å². The molecular formula is C13H18N4O2S. The van der Waals surface area contributed by atoms with Crippen molar-refractivity contribution in [2.75, 3.05) is 11.1 Å². The van der Waals surface area contributed by atoms with Crippen molar-refractivity contribution in [2.45, 2.75) is 32.9 Å². The molecule has 0 spiro atoms. The Morgan fingerprint density at radius 2 is 2.25 bits per heavy atom. The van der Waals surface area contributed by atoms with Crippen molar-refractivity contribution in [3.63, 3.8) is 0 Å². The van der Waals surface area contributed by atoms with Crippen LogP contribution in [0.1, 0.15) is 19.4 Å². The Balaban J connectivity index is 2.25. The smallest absolute Gasteiger partial charge is 0.330 e. The third-order valence-electron chi connectivity index (χ3n) is 3.07. The second-order valence-corrected chi connectivity index (χ2v) is 5.42. The predicted molar refractivity (Wildman–Crippen MR) is 82.5 cm³/mol. The highest BCUT2D eigenvalue weighted by molar-refractivity contribution is 7.07. The maximum atomic E-state index is 11.9. The number of nitrogens with zero attached hydrogens (tertiary/aromatic N) is 1. The van der Waals surface area contributed by atoms with Gasteiger partial charge < -0.3 is 11.1 Å². The molecule has 2 heterocycles. The van der Waals surface area contributed by atoms with Crippen LogP contribution in [-0.4, -0.2) is 15.6 Å². The van der Waals surface area contributed by atoms with E-state index >= 15 is 0 Å². The molecule has 0 radical (unpaired) electrons. The average molecular weight is 294 g/mol. The summed E-state index contributed by atoms with van der Waals surface area (Å²) in [6.45, 7) is 4.18. The Morgan fingerprint density at radius 1 is 1.50 bits per heavy atom. The van der Waals surface area contributed by atoms with E-state index in [1.54, 1.807) is 18.3 Å². The summed E-state index contributed by atoms with van der Waals surface area (Å²) in [7, 11) is 0. The van der Waals surface area contributed by atoms with Gasteiger partial charge in [-0.1, -0.05) is 0 Å². The first-order valence-corrected chi connectivity index (χ1v) is 7.37. The summed E-state index contributed by atoms with van der Waals surface area (Å²) in [5, 5.41) is 7.18. The first kappa shape index (κ1) is 14.4. The summed E-state index contributed by atoms with van der Waals surface area (Å²) in [5.41, 5.74) is 6.40. The van der Waals surface area contributed by atoms with Crippen LogP contribution in [-0.2, 0) is 13.0 Å². The summed E-state index contributed by atoms with van der Waals surface area (Å²) in [5.74, 6) is 0.179. The zero-order chi connectivity index (χ0) is 14.7. The number of hydrogen-bond acceptors (Lipinski definition) is 5. The quantitative estimate of drug-likeness (QED) is 0.773. The Bertz CT molecular complexity index is 687. The van der Waals surface area contributed by atoms with Gasteiger partial charge in [0, 0.05) is 12.6 Å². The average Bonchev–Trinajstić information content (AvgIpc) is 2.87. The molecule has 6 nitrogen and oxygen atoms in total. The summed E-state index contributed by atoms with van der Waals surface area (Å²) in [6.07, 6.45) is 0.785. The van der Waals surface area contributed by atoms with Crippen LogP contribution in [0.15, 0.2) is 26.4 Å². The maximum Gasteiger partial charge on any atom is 0.330 e. The lowest BCUT2D eigenvalue weighted by atomic mass is 10.1. The predicted octanol–water partition coefficient (Wildman–Crippen LogP) is 1.24. The third kappa shape index (κ3) is 2.93. The fraction of sp³-hybridized carbons (Fsp3) is 0.385. The van der Waals surface area contributed by atoms with Crippen LogP contribution in [0.4, 0.5) is 11.5 Å². The van der Waals surface area contributed by atoms with Gasteiger partial charge in [-0.25, -0.2) is 4.79 Å². The molecule has 0 aliphatic rings. The fourth-order valence-electron chi connectivity index (χ4n) is 2.10. The standard InChI is InChI=1S/C13H18N4O2S/c1-3-17-11(14)10(12(18)16-13(17)19)15-8(2)6-9-4-5-20-7-9/h4-5,7-8,15H,3,6,14H2,1-2H3,(H,16,18,19). The largest absolute Gasteiger partial charge is 0.383 e. The Labute approximate surface area is 120 Å². The van der Waals surface area contributed by atoms with Crippen LogP contribution in [0.25, 0.3) is 0 Å². The zero-order valence-corrected chi connectivity index (χ0v) is 12.3. The first-order chi connectivity index (χ1) is 9.52. The third-order valence-corrected chi connectivity index (χ3v) is 3.80. The molecule has 0 aliphatic heterocycles. The highest BCUT2D eigenvalue weighted by Gasteiger charge is 2.13. The Hall–Kier alpha value is -2.02. The number of thiophene rings is 1. The van der Waals surface area contributed by atoms with Crippen LogP contribution in [0.2, 0.25) is 0 Å². The minimum absolute atomic E-state index is 0.0378. The summed E-state index contributed by atoms with van der Waals surface area (Å²) in [6, 6.07) is 2.08. The molecule has 108 valence electrons. The van der Waals surface area contributed by atoms with Crippen LogP contribution in [0.3, 0.4) is 0 Å². The molecule has 0 aliphatic carbocycles. The lowest BCUT2D eigenvalue weighted by molar-refractivity contribution is 0.701. The number of nitrogen functional groups attached to an aromatic ring is 1. The van der Waals surface area contributed by atoms with E-state index in [1.165, 1.54) is 10.1 Å². The summed E-state index contributed by atoms with van der Waals surface area (Å²) < 4.78 is 1.33. The normalized spacial score (nSPS) is 12.3. The number of anilines is 2. The SMILES string of the molecule is CCn1c(N)c(NC(C)Cc2ccsc2)c(=O)[nH]c1=O. The van der Waals surface area contributed by atoms with E-state index in [4.69, 9.17) is 5.73 Å². The second kappa shape index (κ2) is 5.96. The van der Waals surface area contributed by atoms with Crippen molar-refractivity contribution in [1.29, 1.82) is 0 Å². The van der Waals surface area contributed by atoms with Crippen LogP contribution in [0.5, 0.6) is 0 Å².